The van der Waals surface area contributed by atoms with Crippen LogP contribution in [0, 0.1) is 0 Å². The van der Waals surface area contributed by atoms with E-state index in [1.54, 1.807) is 18.2 Å². The van der Waals surface area contributed by atoms with Gasteiger partial charge in [-0.15, -0.1) is 0 Å². The van der Waals surface area contributed by atoms with E-state index in [-0.39, 0.29) is 24.3 Å². The zero-order chi connectivity index (χ0) is 19.9. The molecular formula is C22H25ClN2O3. The summed E-state index contributed by atoms with van der Waals surface area (Å²) in [6, 6.07) is 14.7. The van der Waals surface area contributed by atoms with E-state index < -0.39 is 0 Å². The van der Waals surface area contributed by atoms with Crippen molar-refractivity contribution in [2.45, 2.75) is 32.2 Å². The summed E-state index contributed by atoms with van der Waals surface area (Å²) in [5.74, 6) is 0.743. The Balaban J connectivity index is 1.48. The summed E-state index contributed by atoms with van der Waals surface area (Å²) in [5.41, 5.74) is 1.48. The number of hydrogen-bond donors (Lipinski definition) is 1. The summed E-state index contributed by atoms with van der Waals surface area (Å²) in [5, 5.41) is 3.67. The van der Waals surface area contributed by atoms with Gasteiger partial charge in [0.1, 0.15) is 5.75 Å². The molecule has 0 aliphatic carbocycles. The number of benzene rings is 2. The van der Waals surface area contributed by atoms with Crippen LogP contribution in [0.4, 0.5) is 0 Å². The molecule has 5 nitrogen and oxygen atoms in total. The number of rotatable bonds is 6. The van der Waals surface area contributed by atoms with Crippen molar-refractivity contribution < 1.29 is 14.3 Å². The Bertz CT molecular complexity index is 815. The molecule has 148 valence electrons. The Kier molecular flexibility index (Phi) is 6.93. The zero-order valence-corrected chi connectivity index (χ0v) is 16.7. The van der Waals surface area contributed by atoms with Gasteiger partial charge in [-0.25, -0.2) is 0 Å². The highest BCUT2D eigenvalue weighted by molar-refractivity contribution is 6.31. The second-order valence-electron chi connectivity index (χ2n) is 6.86. The van der Waals surface area contributed by atoms with Crippen LogP contribution in [-0.4, -0.2) is 42.5 Å². The Labute approximate surface area is 170 Å². The molecule has 0 spiro atoms. The van der Waals surface area contributed by atoms with Crippen molar-refractivity contribution in [1.82, 2.24) is 10.2 Å². The van der Waals surface area contributed by atoms with Gasteiger partial charge in [-0.1, -0.05) is 29.8 Å². The van der Waals surface area contributed by atoms with Gasteiger partial charge >= 0.3 is 0 Å². The fraction of sp³-hybridized carbons (Fsp3) is 0.364. The van der Waals surface area contributed by atoms with Gasteiger partial charge in [-0.05, 0) is 55.7 Å². The zero-order valence-electron chi connectivity index (χ0n) is 16.0. The number of ether oxygens (including phenoxy) is 1. The van der Waals surface area contributed by atoms with E-state index >= 15 is 0 Å². The summed E-state index contributed by atoms with van der Waals surface area (Å²) >= 11 is 6.12. The van der Waals surface area contributed by atoms with E-state index in [4.69, 9.17) is 16.3 Å². The molecule has 1 saturated heterocycles. The summed E-state index contributed by atoms with van der Waals surface area (Å²) in [7, 11) is 0. The number of piperidine rings is 1. The number of carbonyl (C=O) groups is 2. The lowest BCUT2D eigenvalue weighted by molar-refractivity contribution is -0.121. The van der Waals surface area contributed by atoms with Crippen molar-refractivity contribution in [3.63, 3.8) is 0 Å². The first-order chi connectivity index (χ1) is 13.6. The lowest BCUT2D eigenvalue weighted by atomic mass is 10.0. The van der Waals surface area contributed by atoms with E-state index in [1.807, 2.05) is 42.2 Å². The molecule has 2 aromatic carbocycles. The summed E-state index contributed by atoms with van der Waals surface area (Å²) in [6.07, 6.45) is 1.76. The molecule has 0 saturated carbocycles. The monoisotopic (exact) mass is 400 g/mol. The van der Waals surface area contributed by atoms with Gasteiger partial charge < -0.3 is 15.0 Å². The lowest BCUT2D eigenvalue weighted by Gasteiger charge is -2.32. The molecular weight excluding hydrogens is 376 g/mol. The largest absolute Gasteiger partial charge is 0.494 e. The summed E-state index contributed by atoms with van der Waals surface area (Å²) in [6.45, 7) is 3.78. The second kappa shape index (κ2) is 9.60. The standard InChI is InChI=1S/C22H25ClN2O3/c1-2-28-19-9-7-16(8-10-19)22(27)25-13-11-18(12-14-25)24-21(26)15-17-5-3-4-6-20(17)23/h3-10,18H,2,11-15H2,1H3,(H,24,26). The first-order valence-electron chi connectivity index (χ1n) is 9.61. The normalized spacial score (nSPS) is 14.6. The van der Waals surface area contributed by atoms with Crippen molar-refractivity contribution in [3.8, 4) is 5.75 Å². The molecule has 0 bridgehead atoms. The summed E-state index contributed by atoms with van der Waals surface area (Å²) in [4.78, 5) is 26.8. The van der Waals surface area contributed by atoms with Crippen LogP contribution in [0.3, 0.4) is 0 Å². The molecule has 6 heteroatoms. The molecule has 1 heterocycles. The average Bonchev–Trinajstić information content (AvgIpc) is 2.71. The highest BCUT2D eigenvalue weighted by Gasteiger charge is 2.24. The maximum atomic E-state index is 12.7. The second-order valence-corrected chi connectivity index (χ2v) is 7.27. The number of nitrogens with zero attached hydrogens (tertiary/aromatic N) is 1. The highest BCUT2D eigenvalue weighted by atomic mass is 35.5. The molecule has 1 aliphatic heterocycles. The summed E-state index contributed by atoms with van der Waals surface area (Å²) < 4.78 is 5.41. The smallest absolute Gasteiger partial charge is 0.253 e. The number of carbonyl (C=O) groups excluding carboxylic acids is 2. The van der Waals surface area contributed by atoms with Crippen LogP contribution in [0.1, 0.15) is 35.7 Å². The minimum absolute atomic E-state index is 0.0175. The molecule has 1 aliphatic rings. The molecule has 0 aromatic heterocycles. The van der Waals surface area contributed by atoms with Crippen LogP contribution < -0.4 is 10.1 Å². The Morgan fingerprint density at radius 1 is 1.11 bits per heavy atom. The minimum atomic E-state index is -0.0376. The topological polar surface area (TPSA) is 58.6 Å². The van der Waals surface area contributed by atoms with Crippen molar-refractivity contribution in [2.24, 2.45) is 0 Å². The van der Waals surface area contributed by atoms with E-state index in [1.165, 1.54) is 0 Å². The Morgan fingerprint density at radius 2 is 1.79 bits per heavy atom. The van der Waals surface area contributed by atoms with Crippen LogP contribution in [-0.2, 0) is 11.2 Å². The van der Waals surface area contributed by atoms with Crippen molar-refractivity contribution in [2.75, 3.05) is 19.7 Å². The van der Waals surface area contributed by atoms with Crippen molar-refractivity contribution in [3.05, 3.63) is 64.7 Å². The van der Waals surface area contributed by atoms with Gasteiger partial charge in [0.25, 0.3) is 5.91 Å². The van der Waals surface area contributed by atoms with Crippen LogP contribution >= 0.6 is 11.6 Å². The van der Waals surface area contributed by atoms with Gasteiger partial charge in [0.2, 0.25) is 5.91 Å². The predicted molar refractivity (Wildman–Crippen MR) is 110 cm³/mol. The van der Waals surface area contributed by atoms with Gasteiger partial charge in [0.15, 0.2) is 0 Å². The van der Waals surface area contributed by atoms with Gasteiger partial charge in [-0.2, -0.15) is 0 Å². The van der Waals surface area contributed by atoms with E-state index in [9.17, 15) is 9.59 Å². The lowest BCUT2D eigenvalue weighted by Crippen LogP contribution is -2.46. The Hall–Kier alpha value is -2.53. The number of likely N-dealkylation sites (tertiary alicyclic amines) is 1. The molecule has 2 amide bonds. The SMILES string of the molecule is CCOc1ccc(C(=O)N2CCC(NC(=O)Cc3ccccc3Cl)CC2)cc1. The van der Waals surface area contributed by atoms with E-state index in [0.29, 0.717) is 30.3 Å². The van der Waals surface area contributed by atoms with Crippen LogP contribution in [0.5, 0.6) is 5.75 Å². The molecule has 1 fully saturated rings. The van der Waals surface area contributed by atoms with Crippen LogP contribution in [0.2, 0.25) is 5.02 Å². The van der Waals surface area contributed by atoms with E-state index in [2.05, 4.69) is 5.32 Å². The fourth-order valence-corrected chi connectivity index (χ4v) is 3.57. The third kappa shape index (κ3) is 5.26. The van der Waals surface area contributed by atoms with Crippen molar-refractivity contribution >= 4 is 23.4 Å². The quantitative estimate of drug-likeness (QED) is 0.804. The minimum Gasteiger partial charge on any atom is -0.494 e. The number of amides is 2. The molecule has 0 atom stereocenters. The molecule has 0 unspecified atom stereocenters. The average molecular weight is 401 g/mol. The number of halogens is 1. The van der Waals surface area contributed by atoms with Gasteiger partial charge in [0.05, 0.1) is 13.0 Å². The molecule has 2 aromatic rings. The van der Waals surface area contributed by atoms with E-state index in [0.717, 1.165) is 24.2 Å². The fourth-order valence-electron chi connectivity index (χ4n) is 3.36. The third-order valence-electron chi connectivity index (χ3n) is 4.87. The van der Waals surface area contributed by atoms with Crippen molar-refractivity contribution in [1.29, 1.82) is 0 Å². The first kappa shape index (κ1) is 20.2. The maximum absolute atomic E-state index is 12.7. The van der Waals surface area contributed by atoms with Crippen LogP contribution in [0.25, 0.3) is 0 Å². The van der Waals surface area contributed by atoms with Gasteiger partial charge in [0, 0.05) is 29.7 Å². The molecule has 0 radical (unpaired) electrons. The number of hydrogen-bond acceptors (Lipinski definition) is 3. The molecule has 3 rings (SSSR count). The van der Waals surface area contributed by atoms with Gasteiger partial charge in [-0.3, -0.25) is 9.59 Å². The predicted octanol–water partition coefficient (Wildman–Crippen LogP) is 3.70. The highest BCUT2D eigenvalue weighted by Crippen LogP contribution is 2.18. The Morgan fingerprint density at radius 3 is 2.43 bits per heavy atom. The first-order valence-corrected chi connectivity index (χ1v) is 9.99. The van der Waals surface area contributed by atoms with Crippen LogP contribution in [0.15, 0.2) is 48.5 Å². The number of nitrogens with one attached hydrogen (secondary N) is 1. The molecule has 1 N–H and O–H groups in total. The third-order valence-corrected chi connectivity index (χ3v) is 5.24. The molecule has 28 heavy (non-hydrogen) atoms. The maximum Gasteiger partial charge on any atom is 0.253 e.